The molecule has 2 heterocycles. The highest BCUT2D eigenvalue weighted by atomic mass is 35.5. The minimum atomic E-state index is -4.71. The number of aromatic nitrogens is 6. The Bertz CT molecular complexity index is 1740. The van der Waals surface area contributed by atoms with E-state index in [1.165, 1.54) is 54.7 Å². The summed E-state index contributed by atoms with van der Waals surface area (Å²) in [5.74, 6) is -1.84. The summed E-state index contributed by atoms with van der Waals surface area (Å²) in [5.41, 5.74) is 4.46. The molecule has 2 aromatic heterocycles. The fourth-order valence-corrected chi connectivity index (χ4v) is 4.74. The topological polar surface area (TPSA) is 158 Å². The maximum absolute atomic E-state index is 14.0. The molecule has 1 saturated carbocycles. The van der Waals surface area contributed by atoms with E-state index in [2.05, 4.69) is 25.2 Å². The van der Waals surface area contributed by atoms with Crippen LogP contribution in [0.15, 0.2) is 66.4 Å². The number of ether oxygens (including phenoxy) is 1. The van der Waals surface area contributed by atoms with Crippen molar-refractivity contribution in [2.24, 2.45) is 10.7 Å². The molecular weight excluding hydrogens is 643 g/mol. The third-order valence-corrected chi connectivity index (χ3v) is 7.48. The number of nitrogens with zero attached hydrogens (tertiary/aromatic N) is 8. The number of alkyl halides is 5. The number of alkyl carbamates (subject to hydrolysis) is 1. The van der Waals surface area contributed by atoms with E-state index in [1.807, 2.05) is 5.32 Å². The van der Waals surface area contributed by atoms with Gasteiger partial charge >= 0.3 is 12.3 Å². The van der Waals surface area contributed by atoms with Gasteiger partial charge in [-0.15, -0.1) is 0 Å². The van der Waals surface area contributed by atoms with Crippen LogP contribution in [0.4, 0.5) is 26.7 Å². The van der Waals surface area contributed by atoms with Crippen LogP contribution in [0.25, 0.3) is 11.4 Å². The molecule has 3 N–H and O–H groups in total. The summed E-state index contributed by atoms with van der Waals surface area (Å²) < 4.78 is 75.2. The third kappa shape index (κ3) is 6.46. The molecule has 13 nitrogen and oxygen atoms in total. The standard InChI is InChI=1S/C27H24ClF5N10O3/c1-35-24(34)42(23(44)15-2-5-17(6-3-15)41-14-36-12-38-41)20(11-46-25(45)40-26(8-9-26)27(31,32)33)16-4-7-18(28)19(10-16)43-22(21(29)30)37-13-39-43/h2-7,10,12-14,20-21H,8-9,11H2,1H3,(H2,34,35)(H,40,45)/t20-/m1/s1. The molecule has 0 bridgehead atoms. The smallest absolute Gasteiger partial charge is 0.411 e. The summed E-state index contributed by atoms with van der Waals surface area (Å²) in [5, 5.41) is 9.66. The molecule has 46 heavy (non-hydrogen) atoms. The van der Waals surface area contributed by atoms with Crippen LogP contribution < -0.4 is 11.1 Å². The Kier molecular flexibility index (Phi) is 8.91. The number of rotatable bonds is 9. The summed E-state index contributed by atoms with van der Waals surface area (Å²) in [6.45, 7) is -0.737. The molecule has 1 aliphatic carbocycles. The van der Waals surface area contributed by atoms with Gasteiger partial charge in [0.2, 0.25) is 0 Å². The molecule has 2 amide bonds. The zero-order valence-electron chi connectivity index (χ0n) is 23.7. The Morgan fingerprint density at radius 3 is 2.46 bits per heavy atom. The first kappa shape index (κ1) is 32.3. The Balaban J connectivity index is 1.53. The maximum Gasteiger partial charge on any atom is 0.411 e. The second kappa shape index (κ2) is 12.7. The number of carbonyl (C=O) groups is 2. The Labute approximate surface area is 261 Å². The second-order valence-corrected chi connectivity index (χ2v) is 10.4. The normalized spacial score (nSPS) is 15.0. The van der Waals surface area contributed by atoms with E-state index in [4.69, 9.17) is 22.1 Å². The SMILES string of the molecule is CN=C(N)N(C(=O)c1ccc(-n2cncn2)cc1)[C@H](COC(=O)NC1(C(F)(F)F)CC1)c1ccc(Cl)c(-n2ncnc2C(F)F)c1. The van der Waals surface area contributed by atoms with Gasteiger partial charge in [0.15, 0.2) is 11.8 Å². The molecule has 4 aromatic rings. The van der Waals surface area contributed by atoms with Crippen molar-refractivity contribution in [1.82, 2.24) is 39.7 Å². The second-order valence-electron chi connectivity index (χ2n) is 10.0. The number of nitrogens with one attached hydrogen (secondary N) is 1. The fraction of sp³-hybridized carbons (Fsp3) is 0.296. The molecule has 5 rings (SSSR count). The molecule has 0 unspecified atom stereocenters. The van der Waals surface area contributed by atoms with Gasteiger partial charge in [-0.05, 0) is 54.8 Å². The van der Waals surface area contributed by atoms with Crippen LogP contribution in [0.5, 0.6) is 0 Å². The number of halogens is 6. The van der Waals surface area contributed by atoms with Crippen molar-refractivity contribution < 1.29 is 36.3 Å². The average molecular weight is 667 g/mol. The lowest BCUT2D eigenvalue weighted by Crippen LogP contribution is -2.49. The number of guanidine groups is 1. The Morgan fingerprint density at radius 2 is 1.87 bits per heavy atom. The van der Waals surface area contributed by atoms with Crippen molar-refractivity contribution in [2.45, 2.75) is 37.0 Å². The first-order chi connectivity index (χ1) is 21.8. The molecule has 1 fully saturated rings. The molecule has 1 atom stereocenters. The molecule has 0 spiro atoms. The van der Waals surface area contributed by atoms with Crippen LogP contribution in [0.1, 0.15) is 47.1 Å². The lowest BCUT2D eigenvalue weighted by Gasteiger charge is -2.31. The van der Waals surface area contributed by atoms with Crippen LogP contribution in [-0.4, -0.2) is 77.8 Å². The summed E-state index contributed by atoms with van der Waals surface area (Å²) in [6, 6.07) is 8.69. The van der Waals surface area contributed by atoms with E-state index >= 15 is 0 Å². The van der Waals surface area contributed by atoms with Gasteiger partial charge in [-0.25, -0.2) is 32.9 Å². The highest BCUT2D eigenvalue weighted by Gasteiger charge is 2.64. The van der Waals surface area contributed by atoms with Gasteiger partial charge in [0.1, 0.15) is 31.1 Å². The van der Waals surface area contributed by atoms with Crippen molar-refractivity contribution >= 4 is 29.6 Å². The third-order valence-electron chi connectivity index (χ3n) is 7.16. The first-order valence-corrected chi connectivity index (χ1v) is 13.7. The van der Waals surface area contributed by atoms with Gasteiger partial charge in [0.05, 0.1) is 22.4 Å². The molecule has 0 saturated heterocycles. The number of hydrogen-bond donors (Lipinski definition) is 2. The predicted octanol–water partition coefficient (Wildman–Crippen LogP) is 4.39. The number of hydrogen-bond acceptors (Lipinski definition) is 8. The first-order valence-electron chi connectivity index (χ1n) is 13.4. The van der Waals surface area contributed by atoms with Crippen LogP contribution in [0, 0.1) is 0 Å². The minimum Gasteiger partial charge on any atom is -0.447 e. The van der Waals surface area contributed by atoms with E-state index in [9.17, 15) is 31.5 Å². The van der Waals surface area contributed by atoms with Crippen LogP contribution in [0.3, 0.4) is 0 Å². The van der Waals surface area contributed by atoms with Gasteiger partial charge in [0.25, 0.3) is 12.3 Å². The molecule has 0 aliphatic heterocycles. The highest BCUT2D eigenvalue weighted by molar-refractivity contribution is 6.32. The number of amides is 2. The molecule has 0 radical (unpaired) electrons. The van der Waals surface area contributed by atoms with E-state index < -0.39 is 48.6 Å². The van der Waals surface area contributed by atoms with E-state index in [0.29, 0.717) is 5.69 Å². The highest BCUT2D eigenvalue weighted by Crippen LogP contribution is 2.49. The monoisotopic (exact) mass is 666 g/mol. The molecular formula is C27H24ClF5N10O3. The van der Waals surface area contributed by atoms with Crippen molar-refractivity contribution in [3.63, 3.8) is 0 Å². The largest absolute Gasteiger partial charge is 0.447 e. The number of carbonyl (C=O) groups excluding carboxylic acids is 2. The van der Waals surface area contributed by atoms with E-state index in [-0.39, 0.29) is 40.6 Å². The number of aliphatic imine (C=N–C) groups is 1. The molecule has 19 heteroatoms. The van der Waals surface area contributed by atoms with Gasteiger partial charge in [-0.1, -0.05) is 17.7 Å². The zero-order valence-corrected chi connectivity index (χ0v) is 24.5. The van der Waals surface area contributed by atoms with Crippen molar-refractivity contribution in [3.8, 4) is 11.4 Å². The van der Waals surface area contributed by atoms with Gasteiger partial charge in [-0.3, -0.25) is 14.7 Å². The van der Waals surface area contributed by atoms with Crippen molar-refractivity contribution in [1.29, 1.82) is 0 Å². The Morgan fingerprint density at radius 1 is 1.15 bits per heavy atom. The molecule has 242 valence electrons. The lowest BCUT2D eigenvalue weighted by molar-refractivity contribution is -0.164. The summed E-state index contributed by atoms with van der Waals surface area (Å²) in [7, 11) is 1.28. The average Bonchev–Trinajstić information content (AvgIpc) is 3.40. The summed E-state index contributed by atoms with van der Waals surface area (Å²) in [4.78, 5) is 38.9. The lowest BCUT2D eigenvalue weighted by atomic mass is 10.0. The maximum atomic E-state index is 14.0. The Hall–Kier alpha value is -5.13. The number of benzene rings is 2. The van der Waals surface area contributed by atoms with Gasteiger partial charge in [0, 0.05) is 12.6 Å². The van der Waals surface area contributed by atoms with Crippen LogP contribution >= 0.6 is 11.6 Å². The van der Waals surface area contributed by atoms with Gasteiger partial charge in [-0.2, -0.15) is 23.4 Å². The minimum absolute atomic E-state index is 0.0341. The fourth-order valence-electron chi connectivity index (χ4n) is 4.54. The summed E-state index contributed by atoms with van der Waals surface area (Å²) in [6.07, 6.45) is -6.14. The van der Waals surface area contributed by atoms with Gasteiger partial charge < -0.3 is 15.8 Å². The number of nitrogens with two attached hydrogens (primary N) is 1. The van der Waals surface area contributed by atoms with Crippen molar-refractivity contribution in [2.75, 3.05) is 13.7 Å². The zero-order chi connectivity index (χ0) is 33.2. The predicted molar refractivity (Wildman–Crippen MR) is 152 cm³/mol. The van der Waals surface area contributed by atoms with E-state index in [0.717, 1.165) is 15.9 Å². The van der Waals surface area contributed by atoms with E-state index in [1.54, 1.807) is 12.1 Å². The van der Waals surface area contributed by atoms with Crippen LogP contribution in [-0.2, 0) is 4.74 Å². The summed E-state index contributed by atoms with van der Waals surface area (Å²) >= 11 is 6.33. The quantitative estimate of drug-likeness (QED) is 0.151. The molecule has 2 aromatic carbocycles. The molecule has 1 aliphatic rings. The van der Waals surface area contributed by atoms with Crippen molar-refractivity contribution in [3.05, 3.63) is 83.4 Å². The van der Waals surface area contributed by atoms with Crippen LogP contribution in [0.2, 0.25) is 5.02 Å².